The van der Waals surface area contributed by atoms with Crippen LogP contribution in [0.25, 0.3) is 0 Å². The van der Waals surface area contributed by atoms with Gasteiger partial charge in [0, 0.05) is 16.7 Å². The normalized spacial score (nSPS) is 27.5. The second kappa shape index (κ2) is 8.19. The van der Waals surface area contributed by atoms with Crippen molar-refractivity contribution in [3.63, 3.8) is 0 Å². The van der Waals surface area contributed by atoms with Gasteiger partial charge in [-0.3, -0.25) is 0 Å². The molecule has 4 unspecified atom stereocenters. The van der Waals surface area contributed by atoms with E-state index in [4.69, 9.17) is 0 Å². The van der Waals surface area contributed by atoms with E-state index in [0.717, 1.165) is 34.9 Å². The standard InChI is InChI=1S/C18H28FNS/c1-4-20-18(15-6-5-13(2)14(3)11-15)12-21-17-9-7-16(19)8-10-17/h7-10,13-15,18,20H,4-6,11-12H2,1-3H3. The van der Waals surface area contributed by atoms with Crippen LogP contribution in [0.15, 0.2) is 29.2 Å². The maximum Gasteiger partial charge on any atom is 0.123 e. The van der Waals surface area contributed by atoms with Crippen molar-refractivity contribution >= 4 is 11.8 Å². The molecule has 0 aliphatic heterocycles. The lowest BCUT2D eigenvalue weighted by Crippen LogP contribution is -2.41. The molecule has 21 heavy (non-hydrogen) atoms. The molecule has 1 aromatic rings. The fraction of sp³-hybridized carbons (Fsp3) is 0.667. The summed E-state index contributed by atoms with van der Waals surface area (Å²) >= 11 is 1.84. The van der Waals surface area contributed by atoms with Crippen LogP contribution in [0.2, 0.25) is 0 Å². The fourth-order valence-electron chi connectivity index (χ4n) is 3.30. The molecule has 3 heteroatoms. The van der Waals surface area contributed by atoms with Crippen molar-refractivity contribution in [2.24, 2.45) is 17.8 Å². The van der Waals surface area contributed by atoms with E-state index in [1.54, 1.807) is 12.1 Å². The van der Waals surface area contributed by atoms with E-state index in [1.807, 2.05) is 23.9 Å². The first-order valence-corrected chi connectivity index (χ1v) is 9.20. The van der Waals surface area contributed by atoms with Gasteiger partial charge >= 0.3 is 0 Å². The third-order valence-electron chi connectivity index (χ3n) is 4.92. The van der Waals surface area contributed by atoms with E-state index in [-0.39, 0.29) is 5.82 Å². The van der Waals surface area contributed by atoms with Gasteiger partial charge in [0.1, 0.15) is 5.82 Å². The van der Waals surface area contributed by atoms with Gasteiger partial charge in [0.2, 0.25) is 0 Å². The summed E-state index contributed by atoms with van der Waals surface area (Å²) in [6.45, 7) is 7.99. The van der Waals surface area contributed by atoms with Crippen LogP contribution in [-0.2, 0) is 0 Å². The van der Waals surface area contributed by atoms with Gasteiger partial charge in [-0.2, -0.15) is 0 Å². The van der Waals surface area contributed by atoms with Gasteiger partial charge in [-0.05, 0) is 61.4 Å². The first-order chi connectivity index (χ1) is 10.1. The first-order valence-electron chi connectivity index (χ1n) is 8.22. The van der Waals surface area contributed by atoms with Gasteiger partial charge in [0.05, 0.1) is 0 Å². The van der Waals surface area contributed by atoms with Crippen LogP contribution in [-0.4, -0.2) is 18.3 Å². The highest BCUT2D eigenvalue weighted by Crippen LogP contribution is 2.36. The lowest BCUT2D eigenvalue weighted by atomic mass is 9.73. The average Bonchev–Trinajstić information content (AvgIpc) is 2.48. The molecule has 0 spiro atoms. The number of hydrogen-bond donors (Lipinski definition) is 1. The van der Waals surface area contributed by atoms with Crippen LogP contribution in [0.3, 0.4) is 0 Å². The number of benzene rings is 1. The highest BCUT2D eigenvalue weighted by atomic mass is 32.2. The van der Waals surface area contributed by atoms with E-state index < -0.39 is 0 Å². The molecule has 0 radical (unpaired) electrons. The quantitative estimate of drug-likeness (QED) is 0.745. The van der Waals surface area contributed by atoms with Gasteiger partial charge < -0.3 is 5.32 Å². The molecule has 2 rings (SSSR count). The molecule has 1 aromatic carbocycles. The van der Waals surface area contributed by atoms with Gasteiger partial charge in [-0.1, -0.05) is 27.2 Å². The zero-order chi connectivity index (χ0) is 15.2. The Kier molecular flexibility index (Phi) is 6.56. The third kappa shape index (κ3) is 5.00. The molecule has 1 nitrogen and oxygen atoms in total. The zero-order valence-electron chi connectivity index (χ0n) is 13.4. The maximum atomic E-state index is 13.0. The Morgan fingerprint density at radius 3 is 2.52 bits per heavy atom. The predicted octanol–water partition coefficient (Wildman–Crippen LogP) is 4.97. The van der Waals surface area contributed by atoms with Crippen molar-refractivity contribution in [3.8, 4) is 0 Å². The molecule has 0 aromatic heterocycles. The molecule has 0 saturated heterocycles. The highest BCUT2D eigenvalue weighted by Gasteiger charge is 2.29. The SMILES string of the molecule is CCNC(CSc1ccc(F)cc1)C1CCC(C)C(C)C1. The Morgan fingerprint density at radius 1 is 1.19 bits per heavy atom. The van der Waals surface area contributed by atoms with Crippen molar-refractivity contribution in [1.82, 2.24) is 5.32 Å². The minimum absolute atomic E-state index is 0.155. The third-order valence-corrected chi connectivity index (χ3v) is 6.05. The molecule has 4 atom stereocenters. The lowest BCUT2D eigenvalue weighted by molar-refractivity contribution is 0.179. The number of thioether (sulfide) groups is 1. The molecular formula is C18H28FNS. The minimum atomic E-state index is -0.155. The maximum absolute atomic E-state index is 13.0. The van der Waals surface area contributed by atoms with Crippen LogP contribution in [0.1, 0.15) is 40.0 Å². The number of rotatable bonds is 6. The number of hydrogen-bond acceptors (Lipinski definition) is 2. The summed E-state index contributed by atoms with van der Waals surface area (Å²) in [7, 11) is 0. The van der Waals surface area contributed by atoms with Gasteiger partial charge in [0.25, 0.3) is 0 Å². The molecular weight excluding hydrogens is 281 g/mol. The molecule has 0 heterocycles. The summed E-state index contributed by atoms with van der Waals surface area (Å²) in [4.78, 5) is 1.16. The Bertz CT molecular complexity index is 420. The molecule has 0 bridgehead atoms. The first kappa shape index (κ1) is 16.8. The van der Waals surface area contributed by atoms with Crippen LogP contribution in [0.5, 0.6) is 0 Å². The van der Waals surface area contributed by atoms with Crippen molar-refractivity contribution in [1.29, 1.82) is 0 Å². The number of nitrogens with one attached hydrogen (secondary N) is 1. The Balaban J connectivity index is 1.91. The molecule has 1 aliphatic rings. The average molecular weight is 309 g/mol. The second-order valence-electron chi connectivity index (χ2n) is 6.46. The summed E-state index contributed by atoms with van der Waals surface area (Å²) in [6.07, 6.45) is 4.03. The summed E-state index contributed by atoms with van der Waals surface area (Å²) in [5, 5.41) is 3.67. The summed E-state index contributed by atoms with van der Waals surface area (Å²) in [5.74, 6) is 3.40. The van der Waals surface area contributed by atoms with Crippen LogP contribution >= 0.6 is 11.8 Å². The summed E-state index contributed by atoms with van der Waals surface area (Å²) < 4.78 is 13.0. The second-order valence-corrected chi connectivity index (χ2v) is 7.55. The molecule has 1 fully saturated rings. The molecule has 1 saturated carbocycles. The monoisotopic (exact) mass is 309 g/mol. The van der Waals surface area contributed by atoms with E-state index in [0.29, 0.717) is 6.04 Å². The highest BCUT2D eigenvalue weighted by molar-refractivity contribution is 7.99. The zero-order valence-corrected chi connectivity index (χ0v) is 14.3. The van der Waals surface area contributed by atoms with Crippen molar-refractivity contribution in [2.45, 2.75) is 51.0 Å². The van der Waals surface area contributed by atoms with Gasteiger partial charge in [-0.15, -0.1) is 11.8 Å². The van der Waals surface area contributed by atoms with Crippen molar-refractivity contribution in [2.75, 3.05) is 12.3 Å². The van der Waals surface area contributed by atoms with Gasteiger partial charge in [0.15, 0.2) is 0 Å². The Labute approximate surface area is 133 Å². The van der Waals surface area contributed by atoms with Crippen molar-refractivity contribution in [3.05, 3.63) is 30.1 Å². The lowest BCUT2D eigenvalue weighted by Gasteiger charge is -2.37. The van der Waals surface area contributed by atoms with Crippen molar-refractivity contribution < 1.29 is 4.39 Å². The van der Waals surface area contributed by atoms with Crippen LogP contribution in [0, 0.1) is 23.6 Å². The van der Waals surface area contributed by atoms with Crippen LogP contribution < -0.4 is 5.32 Å². The topological polar surface area (TPSA) is 12.0 Å². The van der Waals surface area contributed by atoms with E-state index in [2.05, 4.69) is 26.1 Å². The van der Waals surface area contributed by atoms with E-state index >= 15 is 0 Å². The smallest absolute Gasteiger partial charge is 0.123 e. The largest absolute Gasteiger partial charge is 0.313 e. The predicted molar refractivity (Wildman–Crippen MR) is 90.3 cm³/mol. The van der Waals surface area contributed by atoms with Gasteiger partial charge in [-0.25, -0.2) is 4.39 Å². The Morgan fingerprint density at radius 2 is 1.90 bits per heavy atom. The Hall–Kier alpha value is -0.540. The fourth-order valence-corrected chi connectivity index (χ4v) is 4.39. The summed E-state index contributed by atoms with van der Waals surface area (Å²) in [6, 6.07) is 7.44. The minimum Gasteiger partial charge on any atom is -0.313 e. The van der Waals surface area contributed by atoms with Crippen LogP contribution in [0.4, 0.5) is 4.39 Å². The number of halogens is 1. The molecule has 118 valence electrons. The van der Waals surface area contributed by atoms with E-state index in [9.17, 15) is 4.39 Å². The van der Waals surface area contributed by atoms with E-state index in [1.165, 1.54) is 19.3 Å². The molecule has 0 amide bonds. The molecule has 1 aliphatic carbocycles. The summed E-state index contributed by atoms with van der Waals surface area (Å²) in [5.41, 5.74) is 0. The molecule has 1 N–H and O–H groups in total.